The number of carboxylic acids is 1. The highest BCUT2D eigenvalue weighted by atomic mass is 16.6. The molecule has 13 heavy (non-hydrogen) atoms. The van der Waals surface area contributed by atoms with Crippen LogP contribution in [0.1, 0.15) is 25.7 Å². The van der Waals surface area contributed by atoms with E-state index in [0.717, 1.165) is 25.7 Å². The molecule has 4 nitrogen and oxygen atoms in total. The molecule has 0 aromatic rings. The van der Waals surface area contributed by atoms with E-state index in [1.807, 2.05) is 0 Å². The normalized spacial score (nSPS) is 38.2. The molecular formula is C9H12O4. The van der Waals surface area contributed by atoms with Gasteiger partial charge in [0.1, 0.15) is 6.10 Å². The zero-order valence-electron chi connectivity index (χ0n) is 7.23. The van der Waals surface area contributed by atoms with Crippen molar-refractivity contribution in [1.82, 2.24) is 0 Å². The molecule has 0 radical (unpaired) electrons. The van der Waals surface area contributed by atoms with E-state index in [-0.39, 0.29) is 12.0 Å². The van der Waals surface area contributed by atoms with Gasteiger partial charge < -0.3 is 9.84 Å². The molecule has 0 aromatic heterocycles. The van der Waals surface area contributed by atoms with E-state index in [0.29, 0.717) is 0 Å². The lowest BCUT2D eigenvalue weighted by molar-refractivity contribution is -0.153. The first kappa shape index (κ1) is 8.53. The van der Waals surface area contributed by atoms with Crippen LogP contribution in [-0.2, 0) is 14.3 Å². The van der Waals surface area contributed by atoms with Crippen LogP contribution < -0.4 is 0 Å². The number of hydrogen-bond donors (Lipinski definition) is 1. The van der Waals surface area contributed by atoms with Gasteiger partial charge in [-0.2, -0.15) is 0 Å². The van der Waals surface area contributed by atoms with Crippen molar-refractivity contribution >= 4 is 11.9 Å². The molecule has 2 rings (SSSR count). The largest absolute Gasteiger partial charge is 0.481 e. The standard InChI is InChI=1S/C9H12O4/c10-8(11)7-5-3-1-2-4-6(5)13-9(7)12/h5-7H,1-4H2,(H,10,11)/t5-,6-,7-/m1/s1. The number of fused-ring (bicyclic) bond motifs is 1. The van der Waals surface area contributed by atoms with Crippen LogP contribution in [0.15, 0.2) is 0 Å². The van der Waals surface area contributed by atoms with Gasteiger partial charge in [0.25, 0.3) is 0 Å². The Morgan fingerprint density at radius 2 is 2.08 bits per heavy atom. The Hall–Kier alpha value is -1.06. The Morgan fingerprint density at radius 3 is 2.77 bits per heavy atom. The van der Waals surface area contributed by atoms with Crippen molar-refractivity contribution in [3.05, 3.63) is 0 Å². The highest BCUT2D eigenvalue weighted by molar-refractivity contribution is 5.95. The third-order valence-electron chi connectivity index (χ3n) is 2.97. The Bertz CT molecular complexity index is 248. The van der Waals surface area contributed by atoms with Gasteiger partial charge in [-0.25, -0.2) is 0 Å². The van der Waals surface area contributed by atoms with Gasteiger partial charge in [-0.15, -0.1) is 0 Å². The Kier molecular flexibility index (Phi) is 1.98. The lowest BCUT2D eigenvalue weighted by Crippen LogP contribution is -2.29. The van der Waals surface area contributed by atoms with Crippen molar-refractivity contribution in [3.8, 4) is 0 Å². The molecule has 1 N–H and O–H groups in total. The number of carboxylic acid groups (broad SMARTS) is 1. The summed E-state index contributed by atoms with van der Waals surface area (Å²) >= 11 is 0. The fraction of sp³-hybridized carbons (Fsp3) is 0.778. The lowest BCUT2D eigenvalue weighted by Gasteiger charge is -2.23. The van der Waals surface area contributed by atoms with E-state index >= 15 is 0 Å². The van der Waals surface area contributed by atoms with Gasteiger partial charge in [0.2, 0.25) is 0 Å². The zero-order chi connectivity index (χ0) is 9.42. The summed E-state index contributed by atoms with van der Waals surface area (Å²) in [6, 6.07) is 0. The number of carbonyl (C=O) groups excluding carboxylic acids is 1. The molecule has 0 amide bonds. The summed E-state index contributed by atoms with van der Waals surface area (Å²) in [5.41, 5.74) is 0. The number of rotatable bonds is 1. The lowest BCUT2D eigenvalue weighted by atomic mass is 9.80. The van der Waals surface area contributed by atoms with Crippen LogP contribution in [0.2, 0.25) is 0 Å². The highest BCUT2D eigenvalue weighted by Crippen LogP contribution is 2.38. The fourth-order valence-electron chi connectivity index (χ4n) is 2.33. The first-order chi connectivity index (χ1) is 6.20. The van der Waals surface area contributed by atoms with Crippen molar-refractivity contribution in [1.29, 1.82) is 0 Å². The summed E-state index contributed by atoms with van der Waals surface area (Å²) in [7, 11) is 0. The van der Waals surface area contributed by atoms with E-state index in [4.69, 9.17) is 9.84 Å². The number of carbonyl (C=O) groups is 2. The Morgan fingerprint density at radius 1 is 1.38 bits per heavy atom. The first-order valence-electron chi connectivity index (χ1n) is 4.63. The summed E-state index contributed by atoms with van der Waals surface area (Å²) in [4.78, 5) is 21.9. The number of esters is 1. The van der Waals surface area contributed by atoms with Crippen LogP contribution in [0.25, 0.3) is 0 Å². The molecule has 0 aromatic carbocycles. The van der Waals surface area contributed by atoms with Crippen LogP contribution in [0, 0.1) is 11.8 Å². The smallest absolute Gasteiger partial charge is 0.321 e. The van der Waals surface area contributed by atoms with Gasteiger partial charge in [0.05, 0.1) is 0 Å². The Balaban J connectivity index is 2.18. The molecule has 3 atom stereocenters. The summed E-state index contributed by atoms with van der Waals surface area (Å²) in [5.74, 6) is -2.53. The van der Waals surface area contributed by atoms with Crippen molar-refractivity contribution in [3.63, 3.8) is 0 Å². The quantitative estimate of drug-likeness (QED) is 0.483. The van der Waals surface area contributed by atoms with Crippen LogP contribution in [0.5, 0.6) is 0 Å². The highest BCUT2D eigenvalue weighted by Gasteiger charge is 2.49. The van der Waals surface area contributed by atoms with Gasteiger partial charge in [-0.05, 0) is 19.3 Å². The molecule has 1 saturated carbocycles. The molecule has 1 aliphatic heterocycles. The molecule has 1 aliphatic carbocycles. The van der Waals surface area contributed by atoms with E-state index < -0.39 is 17.9 Å². The fourth-order valence-corrected chi connectivity index (χ4v) is 2.33. The number of ether oxygens (including phenoxy) is 1. The van der Waals surface area contributed by atoms with Crippen LogP contribution in [0.3, 0.4) is 0 Å². The van der Waals surface area contributed by atoms with Crippen molar-refractivity contribution in [2.75, 3.05) is 0 Å². The predicted molar refractivity (Wildman–Crippen MR) is 43.0 cm³/mol. The molecule has 0 unspecified atom stereocenters. The average molecular weight is 184 g/mol. The van der Waals surface area contributed by atoms with Gasteiger partial charge >= 0.3 is 11.9 Å². The minimum absolute atomic E-state index is 0.0706. The average Bonchev–Trinajstić information content (AvgIpc) is 2.39. The monoisotopic (exact) mass is 184 g/mol. The molecule has 2 fully saturated rings. The molecule has 0 spiro atoms. The van der Waals surface area contributed by atoms with Crippen LogP contribution in [-0.4, -0.2) is 23.1 Å². The molecular weight excluding hydrogens is 172 g/mol. The second-order valence-electron chi connectivity index (χ2n) is 3.74. The van der Waals surface area contributed by atoms with Gasteiger partial charge in [0.15, 0.2) is 5.92 Å². The second-order valence-corrected chi connectivity index (χ2v) is 3.74. The molecule has 0 bridgehead atoms. The SMILES string of the molecule is O=C(O)[C@@H]1C(=O)O[C@@H]2CCCC[C@@H]12. The zero-order valence-corrected chi connectivity index (χ0v) is 7.23. The summed E-state index contributed by atoms with van der Waals surface area (Å²) < 4.78 is 5.02. The third kappa shape index (κ3) is 1.30. The molecule has 2 aliphatic rings. The maximum atomic E-state index is 11.2. The minimum atomic E-state index is -1.03. The topological polar surface area (TPSA) is 63.6 Å². The van der Waals surface area contributed by atoms with E-state index in [2.05, 4.69) is 0 Å². The van der Waals surface area contributed by atoms with Crippen LogP contribution in [0.4, 0.5) is 0 Å². The second kappa shape index (κ2) is 3.01. The third-order valence-corrected chi connectivity index (χ3v) is 2.97. The maximum absolute atomic E-state index is 11.2. The molecule has 4 heteroatoms. The van der Waals surface area contributed by atoms with Gasteiger partial charge in [0, 0.05) is 5.92 Å². The number of hydrogen-bond acceptors (Lipinski definition) is 3. The summed E-state index contributed by atoms with van der Waals surface area (Å²) in [6.07, 6.45) is 3.58. The molecule has 1 heterocycles. The van der Waals surface area contributed by atoms with Crippen LogP contribution >= 0.6 is 0 Å². The number of aliphatic carboxylic acids is 1. The van der Waals surface area contributed by atoms with Crippen molar-refractivity contribution in [2.45, 2.75) is 31.8 Å². The predicted octanol–water partition coefficient (Wildman–Crippen LogP) is 0.803. The summed E-state index contributed by atoms with van der Waals surface area (Å²) in [5, 5.41) is 8.82. The van der Waals surface area contributed by atoms with E-state index in [1.54, 1.807) is 0 Å². The Labute approximate surface area is 75.9 Å². The van der Waals surface area contributed by atoms with Gasteiger partial charge in [-0.1, -0.05) is 6.42 Å². The van der Waals surface area contributed by atoms with E-state index in [9.17, 15) is 9.59 Å². The van der Waals surface area contributed by atoms with Gasteiger partial charge in [-0.3, -0.25) is 9.59 Å². The molecule has 1 saturated heterocycles. The van der Waals surface area contributed by atoms with Crippen molar-refractivity contribution in [2.24, 2.45) is 11.8 Å². The molecule has 72 valence electrons. The summed E-state index contributed by atoms with van der Waals surface area (Å²) in [6.45, 7) is 0. The maximum Gasteiger partial charge on any atom is 0.321 e. The minimum Gasteiger partial charge on any atom is -0.481 e. The first-order valence-corrected chi connectivity index (χ1v) is 4.63. The van der Waals surface area contributed by atoms with E-state index in [1.165, 1.54) is 0 Å². The van der Waals surface area contributed by atoms with Crippen molar-refractivity contribution < 1.29 is 19.4 Å².